The van der Waals surface area contributed by atoms with Gasteiger partial charge in [-0.2, -0.15) is 5.10 Å². The van der Waals surface area contributed by atoms with Crippen LogP contribution in [-0.2, 0) is 11.2 Å². The number of aliphatic carboxylic acids is 1. The molecular formula is C8H6BrN3O2. The van der Waals surface area contributed by atoms with E-state index in [1.54, 1.807) is 16.8 Å². The number of carboxylic acid groups (broad SMARTS) is 1. The predicted octanol–water partition coefficient (Wildman–Crippen LogP) is 1.12. The zero-order chi connectivity index (χ0) is 10.1. The van der Waals surface area contributed by atoms with Crippen molar-refractivity contribution in [1.82, 2.24) is 14.6 Å². The summed E-state index contributed by atoms with van der Waals surface area (Å²) in [6.07, 6.45) is 1.58. The molecule has 2 aromatic heterocycles. The van der Waals surface area contributed by atoms with Crippen LogP contribution in [0.1, 0.15) is 5.82 Å². The van der Waals surface area contributed by atoms with Gasteiger partial charge in [-0.15, -0.1) is 0 Å². The SMILES string of the molecule is O=C(O)Cc1nc2ccc(Br)cn2n1. The third-order valence-electron chi connectivity index (χ3n) is 1.65. The van der Waals surface area contributed by atoms with Crippen LogP contribution in [0.3, 0.4) is 0 Å². The fraction of sp³-hybridized carbons (Fsp3) is 0.125. The highest BCUT2D eigenvalue weighted by Crippen LogP contribution is 2.10. The van der Waals surface area contributed by atoms with Crippen LogP contribution >= 0.6 is 15.9 Å². The summed E-state index contributed by atoms with van der Waals surface area (Å²) < 4.78 is 2.42. The number of hydrogen-bond donors (Lipinski definition) is 1. The Hall–Kier alpha value is -1.43. The number of fused-ring (bicyclic) bond motifs is 1. The molecule has 0 saturated carbocycles. The van der Waals surface area contributed by atoms with Crippen molar-refractivity contribution in [3.05, 3.63) is 28.6 Å². The summed E-state index contributed by atoms with van der Waals surface area (Å²) in [4.78, 5) is 14.5. The highest BCUT2D eigenvalue weighted by atomic mass is 79.9. The van der Waals surface area contributed by atoms with Gasteiger partial charge in [0.25, 0.3) is 0 Å². The van der Waals surface area contributed by atoms with Crippen molar-refractivity contribution in [2.75, 3.05) is 0 Å². The van der Waals surface area contributed by atoms with E-state index in [4.69, 9.17) is 5.11 Å². The Labute approximate surface area is 87.5 Å². The second-order valence-corrected chi connectivity index (χ2v) is 3.66. The van der Waals surface area contributed by atoms with Crippen LogP contribution < -0.4 is 0 Å². The van der Waals surface area contributed by atoms with Gasteiger partial charge in [-0.25, -0.2) is 9.50 Å². The van der Waals surface area contributed by atoms with Gasteiger partial charge in [-0.3, -0.25) is 4.79 Å². The van der Waals surface area contributed by atoms with Gasteiger partial charge in [0.15, 0.2) is 11.5 Å². The average Bonchev–Trinajstić information content (AvgIpc) is 2.44. The molecule has 0 aromatic carbocycles. The Balaban J connectivity index is 2.46. The van der Waals surface area contributed by atoms with E-state index in [1.165, 1.54) is 0 Å². The lowest BCUT2D eigenvalue weighted by Gasteiger charge is -1.90. The maximum atomic E-state index is 10.4. The number of rotatable bonds is 2. The lowest BCUT2D eigenvalue weighted by Crippen LogP contribution is -2.01. The Kier molecular flexibility index (Phi) is 2.20. The van der Waals surface area contributed by atoms with Crippen LogP contribution in [0.15, 0.2) is 22.8 Å². The minimum absolute atomic E-state index is 0.153. The zero-order valence-electron chi connectivity index (χ0n) is 7.01. The Morgan fingerprint density at radius 3 is 3.07 bits per heavy atom. The molecule has 72 valence electrons. The number of pyridine rings is 1. The van der Waals surface area contributed by atoms with Gasteiger partial charge < -0.3 is 5.11 Å². The first-order valence-corrected chi connectivity index (χ1v) is 4.67. The fourth-order valence-electron chi connectivity index (χ4n) is 1.11. The van der Waals surface area contributed by atoms with Gasteiger partial charge in [0.05, 0.1) is 0 Å². The molecule has 2 heterocycles. The van der Waals surface area contributed by atoms with Gasteiger partial charge in [0.2, 0.25) is 0 Å². The molecule has 0 aliphatic heterocycles. The van der Waals surface area contributed by atoms with Gasteiger partial charge in [-0.1, -0.05) is 0 Å². The molecule has 0 radical (unpaired) electrons. The predicted molar refractivity (Wildman–Crippen MR) is 52.0 cm³/mol. The summed E-state index contributed by atoms with van der Waals surface area (Å²) in [6, 6.07) is 3.59. The van der Waals surface area contributed by atoms with Gasteiger partial charge in [0.1, 0.15) is 6.42 Å². The Bertz CT molecular complexity index is 494. The molecule has 0 amide bonds. The van der Waals surface area contributed by atoms with E-state index in [2.05, 4.69) is 26.0 Å². The zero-order valence-corrected chi connectivity index (χ0v) is 8.60. The molecule has 2 rings (SSSR count). The number of carbonyl (C=O) groups is 1. The smallest absolute Gasteiger partial charge is 0.311 e. The molecular weight excluding hydrogens is 250 g/mol. The molecule has 14 heavy (non-hydrogen) atoms. The minimum Gasteiger partial charge on any atom is -0.481 e. The Morgan fingerprint density at radius 2 is 2.36 bits per heavy atom. The molecule has 0 aliphatic carbocycles. The highest BCUT2D eigenvalue weighted by Gasteiger charge is 2.07. The summed E-state index contributed by atoms with van der Waals surface area (Å²) in [5, 5.41) is 12.6. The molecule has 0 unspecified atom stereocenters. The standard InChI is InChI=1S/C8H6BrN3O2/c9-5-1-2-7-10-6(3-8(13)14)11-12(7)4-5/h1-2,4H,3H2,(H,13,14). The van der Waals surface area contributed by atoms with E-state index in [0.717, 1.165) is 4.47 Å². The number of halogens is 1. The van der Waals surface area contributed by atoms with Crippen molar-refractivity contribution in [2.24, 2.45) is 0 Å². The molecule has 6 heteroatoms. The van der Waals surface area contributed by atoms with Gasteiger partial charge in [-0.05, 0) is 28.1 Å². The van der Waals surface area contributed by atoms with Gasteiger partial charge in [0, 0.05) is 10.7 Å². The molecule has 5 nitrogen and oxygen atoms in total. The molecule has 2 aromatic rings. The maximum absolute atomic E-state index is 10.4. The number of nitrogens with zero attached hydrogens (tertiary/aromatic N) is 3. The van der Waals surface area contributed by atoms with Crippen molar-refractivity contribution in [2.45, 2.75) is 6.42 Å². The monoisotopic (exact) mass is 255 g/mol. The van der Waals surface area contributed by atoms with Crippen molar-refractivity contribution in [3.8, 4) is 0 Å². The summed E-state index contributed by atoms with van der Waals surface area (Å²) in [6.45, 7) is 0. The van der Waals surface area contributed by atoms with E-state index in [1.807, 2.05) is 6.07 Å². The maximum Gasteiger partial charge on any atom is 0.311 e. The van der Waals surface area contributed by atoms with Crippen LogP contribution in [0.25, 0.3) is 5.65 Å². The molecule has 0 saturated heterocycles. The quantitative estimate of drug-likeness (QED) is 0.874. The summed E-state index contributed by atoms with van der Waals surface area (Å²) in [5.41, 5.74) is 0.643. The number of aromatic nitrogens is 3. The van der Waals surface area contributed by atoms with E-state index >= 15 is 0 Å². The largest absolute Gasteiger partial charge is 0.481 e. The van der Waals surface area contributed by atoms with Crippen LogP contribution in [0, 0.1) is 0 Å². The highest BCUT2D eigenvalue weighted by molar-refractivity contribution is 9.10. The molecule has 0 spiro atoms. The van der Waals surface area contributed by atoms with Crippen molar-refractivity contribution in [1.29, 1.82) is 0 Å². The fourth-order valence-corrected chi connectivity index (χ4v) is 1.44. The third-order valence-corrected chi connectivity index (χ3v) is 2.12. The Morgan fingerprint density at radius 1 is 1.57 bits per heavy atom. The van der Waals surface area contributed by atoms with E-state index < -0.39 is 5.97 Å². The number of carboxylic acids is 1. The molecule has 0 bridgehead atoms. The average molecular weight is 256 g/mol. The van der Waals surface area contributed by atoms with Crippen LogP contribution in [0.4, 0.5) is 0 Å². The second kappa shape index (κ2) is 3.38. The van der Waals surface area contributed by atoms with E-state index in [0.29, 0.717) is 11.5 Å². The van der Waals surface area contributed by atoms with Crippen LogP contribution in [-0.4, -0.2) is 25.7 Å². The van der Waals surface area contributed by atoms with Crippen LogP contribution in [0.2, 0.25) is 0 Å². The summed E-state index contributed by atoms with van der Waals surface area (Å²) >= 11 is 3.29. The molecule has 0 aliphatic rings. The lowest BCUT2D eigenvalue weighted by atomic mass is 10.4. The first kappa shape index (κ1) is 9.14. The molecule has 0 fully saturated rings. The van der Waals surface area contributed by atoms with Crippen molar-refractivity contribution >= 4 is 27.5 Å². The van der Waals surface area contributed by atoms with Crippen molar-refractivity contribution < 1.29 is 9.90 Å². The minimum atomic E-state index is -0.931. The van der Waals surface area contributed by atoms with Crippen LogP contribution in [0.5, 0.6) is 0 Å². The number of hydrogen-bond acceptors (Lipinski definition) is 3. The van der Waals surface area contributed by atoms with Crippen molar-refractivity contribution in [3.63, 3.8) is 0 Å². The van der Waals surface area contributed by atoms with E-state index in [9.17, 15) is 4.79 Å². The first-order chi connectivity index (χ1) is 6.65. The van der Waals surface area contributed by atoms with Gasteiger partial charge >= 0.3 is 5.97 Å². The molecule has 0 atom stereocenters. The summed E-state index contributed by atoms with van der Waals surface area (Å²) in [5.74, 6) is -0.615. The lowest BCUT2D eigenvalue weighted by molar-refractivity contribution is -0.136. The third kappa shape index (κ3) is 1.74. The summed E-state index contributed by atoms with van der Waals surface area (Å²) in [7, 11) is 0. The normalized spacial score (nSPS) is 10.6. The first-order valence-electron chi connectivity index (χ1n) is 3.88. The second-order valence-electron chi connectivity index (χ2n) is 2.75. The van der Waals surface area contributed by atoms with E-state index in [-0.39, 0.29) is 6.42 Å². The topological polar surface area (TPSA) is 67.5 Å². The molecule has 1 N–H and O–H groups in total.